The fourth-order valence-corrected chi connectivity index (χ4v) is 2.54. The highest BCUT2D eigenvalue weighted by atomic mass is 19.1. The summed E-state index contributed by atoms with van der Waals surface area (Å²) in [6, 6.07) is 4.50. The van der Waals surface area contributed by atoms with Gasteiger partial charge in [-0.25, -0.2) is 9.18 Å². The molecule has 1 N–H and O–H groups in total. The van der Waals surface area contributed by atoms with Gasteiger partial charge in [-0.05, 0) is 37.8 Å². The fraction of sp³-hybridized carbons (Fsp3) is 0.562. The second-order valence-corrected chi connectivity index (χ2v) is 5.65. The summed E-state index contributed by atoms with van der Waals surface area (Å²) in [5, 5.41) is 8.87. The number of nitrogens with zero attached hydrogens (tertiary/aromatic N) is 1. The second kappa shape index (κ2) is 7.00. The zero-order valence-electron chi connectivity index (χ0n) is 12.5. The Kier molecular flexibility index (Phi) is 5.31. The zero-order valence-corrected chi connectivity index (χ0v) is 12.5. The van der Waals surface area contributed by atoms with E-state index in [9.17, 15) is 9.18 Å². The molecule has 5 heteroatoms. The highest BCUT2D eigenvalue weighted by molar-refractivity contribution is 5.87. The number of rotatable bonds is 8. The quantitative estimate of drug-likeness (QED) is 0.801. The number of ether oxygens (including phenoxy) is 1. The standard InChI is InChI=1S/C16H22FNO3/c1-11(12-3-4-12)18(7-8-21-2)10-14-6-5-13(16(19)20)9-15(14)17/h5-6,9,11-12H,3-4,7-8,10H2,1-2H3,(H,19,20). The molecule has 0 heterocycles. The van der Waals surface area contributed by atoms with E-state index in [0.717, 1.165) is 12.6 Å². The summed E-state index contributed by atoms with van der Waals surface area (Å²) in [6.07, 6.45) is 2.45. The molecule has 2 rings (SSSR count). The van der Waals surface area contributed by atoms with Gasteiger partial charge in [-0.1, -0.05) is 6.07 Å². The molecule has 1 aliphatic rings. The number of hydrogen-bond acceptors (Lipinski definition) is 3. The van der Waals surface area contributed by atoms with E-state index in [1.54, 1.807) is 13.2 Å². The molecule has 0 amide bonds. The van der Waals surface area contributed by atoms with Crippen LogP contribution in [-0.2, 0) is 11.3 Å². The van der Waals surface area contributed by atoms with Crippen LogP contribution in [0.2, 0.25) is 0 Å². The van der Waals surface area contributed by atoms with Crippen LogP contribution in [0.3, 0.4) is 0 Å². The molecule has 1 aromatic rings. The number of hydrogen-bond donors (Lipinski definition) is 1. The molecule has 0 radical (unpaired) electrons. The number of aromatic carboxylic acids is 1. The molecule has 1 aromatic carbocycles. The van der Waals surface area contributed by atoms with Gasteiger partial charge in [0.15, 0.2) is 0 Å². The van der Waals surface area contributed by atoms with Gasteiger partial charge in [0.1, 0.15) is 5.82 Å². The van der Waals surface area contributed by atoms with Gasteiger partial charge in [-0.2, -0.15) is 0 Å². The van der Waals surface area contributed by atoms with Crippen molar-refractivity contribution in [2.45, 2.75) is 32.4 Å². The molecule has 4 nitrogen and oxygen atoms in total. The number of carboxylic acids is 1. The first kappa shape index (κ1) is 15.9. The van der Waals surface area contributed by atoms with Crippen LogP contribution in [0, 0.1) is 11.7 Å². The minimum atomic E-state index is -1.11. The molecule has 1 fully saturated rings. The Balaban J connectivity index is 2.09. The molecule has 1 saturated carbocycles. The maximum absolute atomic E-state index is 14.1. The van der Waals surface area contributed by atoms with Gasteiger partial charge in [0.05, 0.1) is 12.2 Å². The smallest absolute Gasteiger partial charge is 0.335 e. The van der Waals surface area contributed by atoms with E-state index in [4.69, 9.17) is 9.84 Å². The molecule has 116 valence electrons. The summed E-state index contributed by atoms with van der Waals surface area (Å²) in [7, 11) is 1.65. The first-order valence-corrected chi connectivity index (χ1v) is 7.27. The summed E-state index contributed by atoms with van der Waals surface area (Å²) in [5.41, 5.74) is 0.513. The monoisotopic (exact) mass is 295 g/mol. The van der Waals surface area contributed by atoms with Gasteiger partial charge < -0.3 is 9.84 Å². The summed E-state index contributed by atoms with van der Waals surface area (Å²) in [6.45, 7) is 3.99. The number of halogens is 1. The maximum atomic E-state index is 14.1. The molecule has 0 aliphatic heterocycles. The van der Waals surface area contributed by atoms with Crippen molar-refractivity contribution in [1.29, 1.82) is 0 Å². The second-order valence-electron chi connectivity index (χ2n) is 5.65. The van der Waals surface area contributed by atoms with Crippen molar-refractivity contribution >= 4 is 5.97 Å². The Bertz CT molecular complexity index is 502. The lowest BCUT2D eigenvalue weighted by Crippen LogP contribution is -2.36. The third-order valence-corrected chi connectivity index (χ3v) is 4.14. The van der Waals surface area contributed by atoms with E-state index in [-0.39, 0.29) is 5.56 Å². The summed E-state index contributed by atoms with van der Waals surface area (Å²) < 4.78 is 19.2. The first-order valence-electron chi connectivity index (χ1n) is 7.27. The van der Waals surface area contributed by atoms with E-state index in [0.29, 0.717) is 30.7 Å². The normalized spacial score (nSPS) is 16.2. The molecular weight excluding hydrogens is 273 g/mol. The average molecular weight is 295 g/mol. The van der Waals surface area contributed by atoms with Crippen molar-refractivity contribution in [3.63, 3.8) is 0 Å². The van der Waals surface area contributed by atoms with Gasteiger partial charge in [0.25, 0.3) is 0 Å². The minimum Gasteiger partial charge on any atom is -0.478 e. The Morgan fingerprint density at radius 3 is 2.76 bits per heavy atom. The summed E-state index contributed by atoms with van der Waals surface area (Å²) >= 11 is 0. The Morgan fingerprint density at radius 1 is 1.52 bits per heavy atom. The SMILES string of the molecule is COCCN(Cc1ccc(C(=O)O)cc1F)C(C)C1CC1. The highest BCUT2D eigenvalue weighted by Gasteiger charge is 2.32. The lowest BCUT2D eigenvalue weighted by Gasteiger charge is -2.29. The van der Waals surface area contributed by atoms with Crippen molar-refractivity contribution in [3.8, 4) is 0 Å². The lowest BCUT2D eigenvalue weighted by molar-refractivity contribution is 0.0696. The molecule has 0 bridgehead atoms. The molecule has 1 atom stereocenters. The fourth-order valence-electron chi connectivity index (χ4n) is 2.54. The molecule has 1 unspecified atom stereocenters. The van der Waals surface area contributed by atoms with E-state index in [1.807, 2.05) is 0 Å². The van der Waals surface area contributed by atoms with Crippen molar-refractivity contribution in [2.75, 3.05) is 20.3 Å². The zero-order chi connectivity index (χ0) is 15.4. The van der Waals surface area contributed by atoms with E-state index >= 15 is 0 Å². The van der Waals surface area contributed by atoms with Gasteiger partial charge in [0.2, 0.25) is 0 Å². The number of methoxy groups -OCH3 is 1. The van der Waals surface area contributed by atoms with Crippen LogP contribution in [-0.4, -0.2) is 42.3 Å². The highest BCUT2D eigenvalue weighted by Crippen LogP contribution is 2.35. The molecule has 21 heavy (non-hydrogen) atoms. The Morgan fingerprint density at radius 2 is 2.24 bits per heavy atom. The molecule has 0 aromatic heterocycles. The van der Waals surface area contributed by atoms with E-state index in [1.165, 1.54) is 18.9 Å². The van der Waals surface area contributed by atoms with Gasteiger partial charge in [-0.15, -0.1) is 0 Å². The number of benzene rings is 1. The summed E-state index contributed by atoms with van der Waals surface area (Å²) in [4.78, 5) is 13.0. The van der Waals surface area contributed by atoms with Crippen LogP contribution >= 0.6 is 0 Å². The van der Waals surface area contributed by atoms with E-state index in [2.05, 4.69) is 11.8 Å². The van der Waals surface area contributed by atoms with Crippen LogP contribution in [0.1, 0.15) is 35.7 Å². The third-order valence-electron chi connectivity index (χ3n) is 4.14. The van der Waals surface area contributed by atoms with Crippen LogP contribution in [0.4, 0.5) is 4.39 Å². The molecule has 0 saturated heterocycles. The molecule has 0 spiro atoms. The van der Waals surface area contributed by atoms with Crippen molar-refractivity contribution in [3.05, 3.63) is 35.1 Å². The van der Waals surface area contributed by atoms with Gasteiger partial charge in [0, 0.05) is 31.8 Å². The van der Waals surface area contributed by atoms with Crippen molar-refractivity contribution < 1.29 is 19.0 Å². The Labute approximate surface area is 124 Å². The maximum Gasteiger partial charge on any atom is 0.335 e. The van der Waals surface area contributed by atoms with Gasteiger partial charge in [-0.3, -0.25) is 4.90 Å². The predicted octanol–water partition coefficient (Wildman–Crippen LogP) is 2.77. The van der Waals surface area contributed by atoms with Crippen LogP contribution < -0.4 is 0 Å². The van der Waals surface area contributed by atoms with Crippen LogP contribution in [0.15, 0.2) is 18.2 Å². The Hall–Kier alpha value is -1.46. The van der Waals surface area contributed by atoms with Crippen LogP contribution in [0.25, 0.3) is 0 Å². The predicted molar refractivity (Wildman–Crippen MR) is 77.8 cm³/mol. The first-order chi connectivity index (χ1) is 10.0. The van der Waals surface area contributed by atoms with Crippen molar-refractivity contribution in [2.24, 2.45) is 5.92 Å². The molecular formula is C16H22FNO3. The lowest BCUT2D eigenvalue weighted by atomic mass is 10.1. The minimum absolute atomic E-state index is 0.0186. The van der Waals surface area contributed by atoms with Gasteiger partial charge >= 0.3 is 5.97 Å². The average Bonchev–Trinajstić information content (AvgIpc) is 3.28. The topological polar surface area (TPSA) is 49.8 Å². The molecule has 1 aliphatic carbocycles. The largest absolute Gasteiger partial charge is 0.478 e. The number of carbonyl (C=O) groups is 1. The number of carboxylic acid groups (broad SMARTS) is 1. The van der Waals surface area contributed by atoms with Crippen molar-refractivity contribution in [1.82, 2.24) is 4.90 Å². The summed E-state index contributed by atoms with van der Waals surface area (Å²) in [5.74, 6) is -0.883. The third kappa shape index (κ3) is 4.25. The van der Waals surface area contributed by atoms with E-state index < -0.39 is 11.8 Å². The van der Waals surface area contributed by atoms with Crippen LogP contribution in [0.5, 0.6) is 0 Å².